The van der Waals surface area contributed by atoms with Crippen molar-refractivity contribution in [2.45, 2.75) is 85.1 Å². The molecule has 4 heterocycles. The normalized spacial score (nSPS) is 21.6. The van der Waals surface area contributed by atoms with Gasteiger partial charge in [0.1, 0.15) is 0 Å². The molecule has 0 saturated carbocycles. The number of thiophene rings is 2. The van der Waals surface area contributed by atoms with E-state index >= 15 is 0 Å². The van der Waals surface area contributed by atoms with E-state index in [9.17, 15) is 9.59 Å². The van der Waals surface area contributed by atoms with Crippen molar-refractivity contribution in [3.8, 4) is 0 Å². The van der Waals surface area contributed by atoms with Gasteiger partial charge >= 0.3 is 0 Å². The van der Waals surface area contributed by atoms with E-state index in [1.165, 1.54) is 19.3 Å². The highest BCUT2D eigenvalue weighted by molar-refractivity contribution is 7.11. The monoisotopic (exact) mass is 526 g/mol. The fraction of sp³-hybridized carbons (Fsp3) is 0.600. The number of nitrogens with zero attached hydrogens (tertiary/aromatic N) is 2. The van der Waals surface area contributed by atoms with Gasteiger partial charge in [0.15, 0.2) is 0 Å². The highest BCUT2D eigenvalue weighted by Crippen LogP contribution is 2.52. The van der Waals surface area contributed by atoms with E-state index in [2.05, 4.69) is 55.5 Å². The molecular weight excluding hydrogens is 484 g/mol. The highest BCUT2D eigenvalue weighted by atomic mass is 32.1. The van der Waals surface area contributed by atoms with Crippen LogP contribution in [0, 0.1) is 17.8 Å². The van der Waals surface area contributed by atoms with Gasteiger partial charge in [0.25, 0.3) is 5.91 Å². The lowest BCUT2D eigenvalue weighted by molar-refractivity contribution is -0.131. The van der Waals surface area contributed by atoms with Crippen molar-refractivity contribution >= 4 is 40.2 Å². The van der Waals surface area contributed by atoms with Gasteiger partial charge in [0.05, 0.1) is 28.1 Å². The maximum absolute atomic E-state index is 14.3. The smallest absolute Gasteiger partial charge is 0.253 e. The minimum atomic E-state index is -0.402. The molecule has 1 fully saturated rings. The van der Waals surface area contributed by atoms with Crippen molar-refractivity contribution in [1.29, 1.82) is 0 Å². The first-order valence-electron chi connectivity index (χ1n) is 14.0. The topological polar surface area (TPSA) is 40.6 Å². The molecular formula is C30H42N2O2S2. The molecule has 2 aromatic heterocycles. The minimum absolute atomic E-state index is 0.0780. The van der Waals surface area contributed by atoms with Crippen molar-refractivity contribution < 1.29 is 9.59 Å². The first-order valence-corrected chi connectivity index (χ1v) is 15.7. The van der Waals surface area contributed by atoms with Gasteiger partial charge in [0, 0.05) is 18.0 Å². The van der Waals surface area contributed by atoms with Crippen molar-refractivity contribution in [2.24, 2.45) is 17.8 Å². The van der Waals surface area contributed by atoms with Gasteiger partial charge in [-0.2, -0.15) is 0 Å². The number of carbonyl (C=O) groups excluding carboxylic acids is 2. The average Bonchev–Trinajstić information content (AvgIpc) is 3.68. The summed E-state index contributed by atoms with van der Waals surface area (Å²) in [7, 11) is 0. The Balaban J connectivity index is 1.76. The molecule has 2 amide bonds. The largest absolute Gasteiger partial charge is 0.330 e. The zero-order chi connectivity index (χ0) is 25.7. The van der Waals surface area contributed by atoms with Gasteiger partial charge in [-0.15, -0.1) is 22.7 Å². The lowest BCUT2D eigenvalue weighted by atomic mass is 9.94. The summed E-state index contributed by atoms with van der Waals surface area (Å²) >= 11 is 3.31. The summed E-state index contributed by atoms with van der Waals surface area (Å²) in [6.45, 7) is 10.3. The number of amides is 2. The summed E-state index contributed by atoms with van der Waals surface area (Å²) in [5, 5.41) is 4.13. The van der Waals surface area contributed by atoms with Crippen molar-refractivity contribution in [3.05, 3.63) is 50.4 Å². The Morgan fingerprint density at radius 3 is 2.06 bits per heavy atom. The number of hydrogen-bond donors (Lipinski definition) is 0. The SMILES string of the molecule is CCCCC(CC)CN1C(=O)C2C(=C1c1cccs1)C(=O)N(CC(CC)CCCC)C2c1cccs1. The standard InChI is InChI=1S/C30H42N2O2S2/c1-5-9-13-21(7-3)19-31-27(23-15-11-17-35-23)25-26(29(31)33)28(24-16-12-18-36-24)32(30(25)34)20-22(8-4)14-10-6-2/h11-12,15-18,21-22,25,27H,5-10,13-14,19-20H2,1-4H3. The summed E-state index contributed by atoms with van der Waals surface area (Å²) in [4.78, 5) is 34.7. The second kappa shape index (κ2) is 12.6. The second-order valence-corrected chi connectivity index (χ2v) is 12.3. The Kier molecular flexibility index (Phi) is 9.46. The third-order valence-electron chi connectivity index (χ3n) is 8.08. The van der Waals surface area contributed by atoms with Crippen LogP contribution < -0.4 is 0 Å². The quantitative estimate of drug-likeness (QED) is 0.250. The molecule has 2 aliphatic heterocycles. The fourth-order valence-electron chi connectivity index (χ4n) is 5.89. The molecule has 0 aromatic carbocycles. The van der Waals surface area contributed by atoms with Crippen LogP contribution in [0.5, 0.6) is 0 Å². The van der Waals surface area contributed by atoms with Crippen LogP contribution in [0.1, 0.15) is 94.9 Å². The minimum Gasteiger partial charge on any atom is -0.330 e. The zero-order valence-corrected chi connectivity index (χ0v) is 24.0. The predicted molar refractivity (Wildman–Crippen MR) is 152 cm³/mol. The Labute approximate surface area is 225 Å². The lowest BCUT2D eigenvalue weighted by Crippen LogP contribution is -2.39. The molecule has 36 heavy (non-hydrogen) atoms. The molecule has 2 aromatic rings. The van der Waals surface area contributed by atoms with E-state index in [4.69, 9.17) is 0 Å². The third-order valence-corrected chi connectivity index (χ3v) is 9.90. The van der Waals surface area contributed by atoms with Crippen LogP contribution in [0.15, 0.2) is 40.6 Å². The summed E-state index contributed by atoms with van der Waals surface area (Å²) in [5.41, 5.74) is 1.64. The highest BCUT2D eigenvalue weighted by Gasteiger charge is 2.56. The van der Waals surface area contributed by atoms with Crippen LogP contribution in [-0.4, -0.2) is 34.7 Å². The van der Waals surface area contributed by atoms with Gasteiger partial charge in [-0.3, -0.25) is 9.59 Å². The second-order valence-electron chi connectivity index (χ2n) is 10.4. The van der Waals surface area contributed by atoms with Crippen molar-refractivity contribution in [3.63, 3.8) is 0 Å². The van der Waals surface area contributed by atoms with Gasteiger partial charge < -0.3 is 9.80 Å². The number of hydrogen-bond acceptors (Lipinski definition) is 4. The van der Waals surface area contributed by atoms with Crippen molar-refractivity contribution in [1.82, 2.24) is 9.80 Å². The van der Waals surface area contributed by atoms with E-state index in [-0.39, 0.29) is 17.9 Å². The Bertz CT molecular complexity index is 1030. The summed E-state index contributed by atoms with van der Waals surface area (Å²) in [6, 6.07) is 8.08. The van der Waals surface area contributed by atoms with Crippen LogP contribution >= 0.6 is 22.7 Å². The van der Waals surface area contributed by atoms with Crippen molar-refractivity contribution in [2.75, 3.05) is 13.1 Å². The van der Waals surface area contributed by atoms with Crippen LogP contribution in [0.4, 0.5) is 0 Å². The molecule has 196 valence electrons. The predicted octanol–water partition coefficient (Wildman–Crippen LogP) is 8.00. The lowest BCUT2D eigenvalue weighted by Gasteiger charge is -2.32. The number of fused-ring (bicyclic) bond motifs is 1. The molecule has 4 nitrogen and oxygen atoms in total. The van der Waals surface area contributed by atoms with Crippen LogP contribution in [0.25, 0.3) is 5.70 Å². The van der Waals surface area contributed by atoms with Crippen LogP contribution in [0.3, 0.4) is 0 Å². The fourth-order valence-corrected chi connectivity index (χ4v) is 7.55. The molecule has 0 radical (unpaired) electrons. The first-order chi connectivity index (χ1) is 17.5. The van der Waals surface area contributed by atoms with E-state index in [1.807, 2.05) is 17.0 Å². The molecule has 0 N–H and O–H groups in total. The molecule has 2 aliphatic rings. The van der Waals surface area contributed by atoms with Gasteiger partial charge in [-0.1, -0.05) is 78.4 Å². The molecule has 0 aliphatic carbocycles. The van der Waals surface area contributed by atoms with Crippen LogP contribution in [0.2, 0.25) is 0 Å². The molecule has 4 atom stereocenters. The number of likely N-dealkylation sites (tertiary alicyclic amines) is 1. The Morgan fingerprint density at radius 1 is 0.861 bits per heavy atom. The zero-order valence-electron chi connectivity index (χ0n) is 22.4. The van der Waals surface area contributed by atoms with Crippen LogP contribution in [-0.2, 0) is 9.59 Å². The Hall–Kier alpha value is -1.92. The molecule has 0 bridgehead atoms. The molecule has 4 unspecified atom stereocenters. The maximum Gasteiger partial charge on any atom is 0.253 e. The number of carbonyl (C=O) groups is 2. The summed E-state index contributed by atoms with van der Waals surface area (Å²) < 4.78 is 0. The molecule has 1 saturated heterocycles. The first kappa shape index (κ1) is 27.1. The van der Waals surface area contributed by atoms with E-state index in [1.54, 1.807) is 22.7 Å². The van der Waals surface area contributed by atoms with E-state index < -0.39 is 5.92 Å². The summed E-state index contributed by atoms with van der Waals surface area (Å²) in [5.74, 6) is 0.716. The van der Waals surface area contributed by atoms with Gasteiger partial charge in [-0.25, -0.2) is 0 Å². The van der Waals surface area contributed by atoms with E-state index in [0.29, 0.717) is 18.4 Å². The average molecular weight is 527 g/mol. The number of rotatable bonds is 14. The molecule has 6 heteroatoms. The number of unbranched alkanes of at least 4 members (excludes halogenated alkanes) is 2. The third kappa shape index (κ3) is 5.35. The molecule has 4 rings (SSSR count). The maximum atomic E-state index is 14.3. The molecule has 0 spiro atoms. The summed E-state index contributed by atoms with van der Waals surface area (Å²) in [6.07, 6.45) is 9.04. The van der Waals surface area contributed by atoms with Gasteiger partial charge in [0.2, 0.25) is 5.91 Å². The van der Waals surface area contributed by atoms with Gasteiger partial charge in [-0.05, 0) is 47.6 Å². The van der Waals surface area contributed by atoms with E-state index in [0.717, 1.165) is 59.7 Å². The Morgan fingerprint density at radius 2 is 1.50 bits per heavy atom.